The minimum Gasteiger partial charge on any atom is -0.486 e. The van der Waals surface area contributed by atoms with Gasteiger partial charge in [-0.25, -0.2) is 8.42 Å². The van der Waals surface area contributed by atoms with Crippen molar-refractivity contribution in [1.29, 1.82) is 0 Å². The number of sulfonamides is 1. The van der Waals surface area contributed by atoms with Gasteiger partial charge in [-0.15, -0.1) is 0 Å². The quantitative estimate of drug-likeness (QED) is 0.234. The number of fused-ring (bicyclic) bond motifs is 1. The van der Waals surface area contributed by atoms with E-state index in [1.54, 1.807) is 41.3 Å². The third kappa shape index (κ3) is 9.76. The molecule has 3 aromatic rings. The number of carbonyl (C=O) groups is 2. The number of hydrogen-bond acceptors (Lipinski definition) is 6. The minimum atomic E-state index is -3.69. The normalized spacial score (nSPS) is 13.3. The number of carbonyl (C=O) groups excluding carboxylic acids is 2. The maximum atomic E-state index is 14.0. The summed E-state index contributed by atoms with van der Waals surface area (Å²) in [5.41, 5.74) is 2.02. The van der Waals surface area contributed by atoms with E-state index in [-0.39, 0.29) is 43.7 Å². The van der Waals surface area contributed by atoms with Gasteiger partial charge in [0, 0.05) is 38.5 Å². The fraction of sp³-hybridized carbons (Fsp3) is 0.394. The molecule has 1 aliphatic heterocycles. The SMILES string of the molecule is CC(C)CNC(=O)[C@H](Cc1ccccc1)N(Cc1ccc(Cl)c(Cl)c1)C(=O)CCCN(c1ccc2c(c1)OCCO2)S(C)(=O)=O. The van der Waals surface area contributed by atoms with Crippen molar-refractivity contribution < 1.29 is 27.5 Å². The molecule has 2 amide bonds. The molecule has 0 radical (unpaired) electrons. The maximum absolute atomic E-state index is 14.0. The minimum absolute atomic E-state index is 0.000639. The second-order valence-electron chi connectivity index (χ2n) is 11.4. The van der Waals surface area contributed by atoms with Gasteiger partial charge >= 0.3 is 0 Å². The highest BCUT2D eigenvalue weighted by atomic mass is 35.5. The summed E-state index contributed by atoms with van der Waals surface area (Å²) in [6, 6.07) is 18.8. The lowest BCUT2D eigenvalue weighted by Gasteiger charge is -2.32. The number of ether oxygens (including phenoxy) is 2. The standard InChI is InChI=1S/C33H39Cl2N3O6S/c1-23(2)21-36-33(40)29(19-24-8-5-4-6-9-24)37(22-25-11-13-27(34)28(35)18-25)32(39)10-7-15-38(45(3,41)42)26-12-14-30-31(20-26)44-17-16-43-30/h4-6,8-9,11-14,18,20,23,29H,7,10,15-17,19,21-22H2,1-3H3,(H,36,40)/t29-/m0/s1. The van der Waals surface area contributed by atoms with Crippen LogP contribution in [-0.2, 0) is 32.6 Å². The number of benzene rings is 3. The molecule has 0 saturated heterocycles. The summed E-state index contributed by atoms with van der Waals surface area (Å²) >= 11 is 12.5. The molecule has 3 aromatic carbocycles. The predicted octanol–water partition coefficient (Wildman–Crippen LogP) is 5.72. The highest BCUT2D eigenvalue weighted by Crippen LogP contribution is 2.35. The molecule has 4 rings (SSSR count). The molecule has 242 valence electrons. The van der Waals surface area contributed by atoms with Crippen molar-refractivity contribution in [2.24, 2.45) is 5.92 Å². The Balaban J connectivity index is 1.59. The zero-order valence-electron chi connectivity index (χ0n) is 25.7. The van der Waals surface area contributed by atoms with E-state index in [4.69, 9.17) is 32.7 Å². The zero-order valence-corrected chi connectivity index (χ0v) is 28.0. The van der Waals surface area contributed by atoms with E-state index in [1.165, 1.54) is 4.31 Å². The van der Waals surface area contributed by atoms with Crippen LogP contribution in [0.2, 0.25) is 10.0 Å². The van der Waals surface area contributed by atoms with Crippen LogP contribution in [0.5, 0.6) is 11.5 Å². The molecule has 0 spiro atoms. The highest BCUT2D eigenvalue weighted by Gasteiger charge is 2.31. The molecule has 0 bridgehead atoms. The first-order chi connectivity index (χ1) is 21.4. The van der Waals surface area contributed by atoms with E-state index in [9.17, 15) is 18.0 Å². The van der Waals surface area contributed by atoms with Gasteiger partial charge in [0.15, 0.2) is 11.5 Å². The van der Waals surface area contributed by atoms with Crippen molar-refractivity contribution in [3.63, 3.8) is 0 Å². The number of nitrogens with one attached hydrogen (secondary N) is 1. The Labute approximate surface area is 275 Å². The number of hydrogen-bond donors (Lipinski definition) is 1. The summed E-state index contributed by atoms with van der Waals surface area (Å²) < 4.78 is 38.1. The van der Waals surface area contributed by atoms with E-state index in [0.717, 1.165) is 11.8 Å². The highest BCUT2D eigenvalue weighted by molar-refractivity contribution is 7.92. The number of amides is 2. The Morgan fingerprint density at radius 1 is 0.911 bits per heavy atom. The fourth-order valence-corrected chi connectivity index (χ4v) is 6.28. The molecule has 1 aliphatic rings. The van der Waals surface area contributed by atoms with Crippen LogP contribution in [0.15, 0.2) is 66.7 Å². The van der Waals surface area contributed by atoms with Crippen LogP contribution in [0.3, 0.4) is 0 Å². The first kappa shape index (κ1) is 34.4. The van der Waals surface area contributed by atoms with E-state index in [0.29, 0.717) is 59.0 Å². The largest absolute Gasteiger partial charge is 0.486 e. The van der Waals surface area contributed by atoms with Crippen molar-refractivity contribution in [3.05, 3.63) is 87.9 Å². The van der Waals surface area contributed by atoms with Gasteiger partial charge in [-0.1, -0.05) is 73.4 Å². The Morgan fingerprint density at radius 3 is 2.29 bits per heavy atom. The molecule has 12 heteroatoms. The summed E-state index contributed by atoms with van der Waals surface area (Å²) in [6.45, 7) is 5.41. The first-order valence-corrected chi connectivity index (χ1v) is 17.4. The molecular weight excluding hydrogens is 637 g/mol. The predicted molar refractivity (Wildman–Crippen MR) is 178 cm³/mol. The Morgan fingerprint density at radius 2 is 1.62 bits per heavy atom. The summed E-state index contributed by atoms with van der Waals surface area (Å²) in [6.07, 6.45) is 1.63. The molecule has 1 heterocycles. The Kier molecular flexibility index (Phi) is 12.0. The van der Waals surface area contributed by atoms with Gasteiger partial charge in [0.25, 0.3) is 0 Å². The average Bonchev–Trinajstić information content (AvgIpc) is 3.01. The second kappa shape index (κ2) is 15.7. The summed E-state index contributed by atoms with van der Waals surface area (Å²) in [5.74, 6) is 0.666. The molecular formula is C33H39Cl2N3O6S. The lowest BCUT2D eigenvalue weighted by Crippen LogP contribution is -2.51. The molecule has 9 nitrogen and oxygen atoms in total. The van der Waals surface area contributed by atoms with E-state index in [2.05, 4.69) is 5.32 Å². The third-order valence-corrected chi connectivity index (χ3v) is 9.19. The molecule has 0 unspecified atom stereocenters. The van der Waals surface area contributed by atoms with Gasteiger partial charge in [0.2, 0.25) is 21.8 Å². The van der Waals surface area contributed by atoms with Crippen molar-refractivity contribution >= 4 is 50.7 Å². The second-order valence-corrected chi connectivity index (χ2v) is 14.1. The van der Waals surface area contributed by atoms with Gasteiger partial charge in [0.05, 0.1) is 22.0 Å². The van der Waals surface area contributed by atoms with Gasteiger partial charge in [-0.3, -0.25) is 13.9 Å². The molecule has 1 N–H and O–H groups in total. The van der Waals surface area contributed by atoms with Crippen LogP contribution in [0.4, 0.5) is 5.69 Å². The van der Waals surface area contributed by atoms with E-state index >= 15 is 0 Å². The van der Waals surface area contributed by atoms with Crippen LogP contribution in [-0.4, -0.2) is 63.7 Å². The van der Waals surface area contributed by atoms with Crippen LogP contribution in [0.25, 0.3) is 0 Å². The van der Waals surface area contributed by atoms with Crippen LogP contribution < -0.4 is 19.1 Å². The number of anilines is 1. The molecule has 1 atom stereocenters. The summed E-state index contributed by atoms with van der Waals surface area (Å²) in [4.78, 5) is 29.2. The molecule has 0 aliphatic carbocycles. The van der Waals surface area contributed by atoms with Gasteiger partial charge < -0.3 is 19.7 Å². The monoisotopic (exact) mass is 675 g/mol. The average molecular weight is 677 g/mol. The lowest BCUT2D eigenvalue weighted by atomic mass is 10.0. The maximum Gasteiger partial charge on any atom is 0.243 e. The Bertz CT molecular complexity index is 1590. The topological polar surface area (TPSA) is 105 Å². The van der Waals surface area contributed by atoms with Gasteiger partial charge in [-0.2, -0.15) is 0 Å². The van der Waals surface area contributed by atoms with E-state index < -0.39 is 16.1 Å². The molecule has 45 heavy (non-hydrogen) atoms. The number of halogens is 2. The zero-order chi connectivity index (χ0) is 32.6. The van der Waals surface area contributed by atoms with Gasteiger partial charge in [0.1, 0.15) is 19.3 Å². The first-order valence-electron chi connectivity index (χ1n) is 14.8. The van der Waals surface area contributed by atoms with E-state index in [1.807, 2.05) is 44.2 Å². The van der Waals surface area contributed by atoms with Crippen molar-refractivity contribution in [2.45, 2.75) is 45.7 Å². The summed E-state index contributed by atoms with van der Waals surface area (Å²) in [7, 11) is -3.69. The van der Waals surface area contributed by atoms with Crippen molar-refractivity contribution in [1.82, 2.24) is 10.2 Å². The molecule has 0 saturated carbocycles. The summed E-state index contributed by atoms with van der Waals surface area (Å²) in [5, 5.41) is 3.72. The number of nitrogens with zero attached hydrogens (tertiary/aromatic N) is 2. The third-order valence-electron chi connectivity index (χ3n) is 7.26. The van der Waals surface area contributed by atoms with Crippen LogP contribution in [0.1, 0.15) is 37.8 Å². The lowest BCUT2D eigenvalue weighted by molar-refractivity contribution is -0.141. The smallest absolute Gasteiger partial charge is 0.243 e. The van der Waals surface area contributed by atoms with Crippen molar-refractivity contribution in [2.75, 3.05) is 36.9 Å². The molecule has 0 aromatic heterocycles. The fourth-order valence-electron chi connectivity index (χ4n) is 5.00. The van der Waals surface area contributed by atoms with Crippen LogP contribution in [0, 0.1) is 5.92 Å². The van der Waals surface area contributed by atoms with Crippen LogP contribution >= 0.6 is 23.2 Å². The molecule has 0 fully saturated rings. The van der Waals surface area contributed by atoms with Crippen molar-refractivity contribution in [3.8, 4) is 11.5 Å². The number of rotatable bonds is 14. The Hall–Kier alpha value is -3.47. The van der Waals surface area contributed by atoms with Gasteiger partial charge in [-0.05, 0) is 47.7 Å².